The number of fused-ring (bicyclic) bond motifs is 1. The van der Waals surface area contributed by atoms with Crippen molar-refractivity contribution in [3.05, 3.63) is 59.8 Å². The van der Waals surface area contributed by atoms with Crippen LogP contribution >= 0.6 is 0 Å². The van der Waals surface area contributed by atoms with Crippen LogP contribution in [0.15, 0.2) is 48.5 Å². The molecule has 1 atom stereocenters. The van der Waals surface area contributed by atoms with E-state index in [-0.39, 0.29) is 0 Å². The molecule has 1 fully saturated rings. The summed E-state index contributed by atoms with van der Waals surface area (Å²) < 4.78 is 1.65. The first kappa shape index (κ1) is 14.9. The number of hydrogen-bond acceptors (Lipinski definition) is 3. The zero-order valence-corrected chi connectivity index (χ0v) is 13.4. The van der Waals surface area contributed by atoms with Gasteiger partial charge in [-0.25, -0.2) is 4.68 Å². The fourth-order valence-corrected chi connectivity index (χ4v) is 3.48. The minimum atomic E-state index is -0.468. The van der Waals surface area contributed by atoms with Crippen molar-refractivity contribution >= 4 is 16.8 Å². The van der Waals surface area contributed by atoms with Crippen molar-refractivity contribution in [2.75, 3.05) is 13.1 Å². The van der Waals surface area contributed by atoms with Crippen LogP contribution in [0.1, 0.15) is 34.8 Å². The number of nitrogens with one attached hydrogen (secondary N) is 1. The quantitative estimate of drug-likeness (QED) is 0.779. The number of aromatic nitrogens is 2. The van der Waals surface area contributed by atoms with Crippen molar-refractivity contribution in [1.82, 2.24) is 15.1 Å². The Morgan fingerprint density at radius 1 is 1.17 bits per heavy atom. The highest BCUT2D eigenvalue weighted by atomic mass is 16.1. The molecule has 3 N–H and O–H groups in total. The molecule has 1 aliphatic heterocycles. The van der Waals surface area contributed by atoms with Gasteiger partial charge in [-0.1, -0.05) is 30.3 Å². The molecule has 1 saturated heterocycles. The molecule has 0 unspecified atom stereocenters. The zero-order chi connectivity index (χ0) is 16.5. The molecule has 2 heterocycles. The minimum Gasteiger partial charge on any atom is -0.364 e. The summed E-state index contributed by atoms with van der Waals surface area (Å²) in [5, 5.41) is 8.78. The summed E-state index contributed by atoms with van der Waals surface area (Å²) in [5.41, 5.74) is 8.98. The summed E-state index contributed by atoms with van der Waals surface area (Å²) in [5.74, 6) is 0.0874. The van der Waals surface area contributed by atoms with E-state index < -0.39 is 5.91 Å². The molecule has 0 saturated carbocycles. The first-order valence-electron chi connectivity index (χ1n) is 8.32. The summed E-state index contributed by atoms with van der Waals surface area (Å²) in [6, 6.07) is 15.9. The third kappa shape index (κ3) is 2.57. The highest BCUT2D eigenvalue weighted by Gasteiger charge is 2.18. The molecule has 1 aromatic heterocycles. The molecule has 0 spiro atoms. The van der Waals surface area contributed by atoms with Crippen LogP contribution in [0.3, 0.4) is 0 Å². The summed E-state index contributed by atoms with van der Waals surface area (Å²) in [7, 11) is 0. The molecule has 0 bridgehead atoms. The van der Waals surface area contributed by atoms with Crippen LogP contribution in [0, 0.1) is 0 Å². The molecular weight excluding hydrogens is 300 g/mol. The Morgan fingerprint density at radius 3 is 2.67 bits per heavy atom. The van der Waals surface area contributed by atoms with Gasteiger partial charge in [0.15, 0.2) is 0 Å². The van der Waals surface area contributed by atoms with Crippen molar-refractivity contribution < 1.29 is 4.79 Å². The number of benzene rings is 2. The lowest BCUT2D eigenvalue weighted by atomic mass is 9.92. The Hall–Kier alpha value is -2.66. The predicted octanol–water partition coefficient (Wildman–Crippen LogP) is 2.59. The Morgan fingerprint density at radius 2 is 1.96 bits per heavy atom. The molecule has 5 heteroatoms. The maximum absolute atomic E-state index is 11.9. The SMILES string of the molecule is NC(=O)c1c2ccccc2nn1-c1ccc([C@@H]2CCCNC2)cc1. The third-order valence-electron chi connectivity index (χ3n) is 4.72. The largest absolute Gasteiger partial charge is 0.364 e. The van der Waals surface area contributed by atoms with Gasteiger partial charge in [0.1, 0.15) is 5.69 Å². The second-order valence-electron chi connectivity index (χ2n) is 6.28. The normalized spacial score (nSPS) is 17.9. The van der Waals surface area contributed by atoms with E-state index in [0.717, 1.165) is 29.7 Å². The van der Waals surface area contributed by atoms with Crippen LogP contribution in [-0.2, 0) is 0 Å². The standard InChI is InChI=1S/C19H20N4O/c20-19(24)18-16-5-1-2-6-17(16)22-23(18)15-9-7-13(8-10-15)14-4-3-11-21-12-14/h1-2,5-10,14,21H,3-4,11-12H2,(H2,20,24)/t14-/m1/s1. The monoisotopic (exact) mass is 320 g/mol. The maximum Gasteiger partial charge on any atom is 0.268 e. The smallest absolute Gasteiger partial charge is 0.268 e. The van der Waals surface area contributed by atoms with E-state index in [4.69, 9.17) is 5.73 Å². The van der Waals surface area contributed by atoms with Crippen LogP contribution in [0.5, 0.6) is 0 Å². The maximum atomic E-state index is 11.9. The molecule has 3 aromatic rings. The molecule has 2 aromatic carbocycles. The number of carbonyl (C=O) groups is 1. The lowest BCUT2D eigenvalue weighted by Crippen LogP contribution is -2.28. The molecule has 122 valence electrons. The van der Waals surface area contributed by atoms with Crippen molar-refractivity contribution in [3.8, 4) is 5.69 Å². The van der Waals surface area contributed by atoms with Crippen LogP contribution in [-0.4, -0.2) is 28.8 Å². The summed E-state index contributed by atoms with van der Waals surface area (Å²) in [4.78, 5) is 11.9. The number of amides is 1. The Kier molecular flexibility index (Phi) is 3.78. The first-order valence-corrected chi connectivity index (χ1v) is 8.32. The molecule has 1 aliphatic rings. The number of carbonyl (C=O) groups excluding carboxylic acids is 1. The first-order chi connectivity index (χ1) is 11.7. The van der Waals surface area contributed by atoms with Gasteiger partial charge in [0.05, 0.1) is 11.2 Å². The van der Waals surface area contributed by atoms with Gasteiger partial charge in [0, 0.05) is 11.9 Å². The Labute approximate surface area is 140 Å². The average molecular weight is 320 g/mol. The van der Waals surface area contributed by atoms with Crippen molar-refractivity contribution in [2.24, 2.45) is 5.73 Å². The predicted molar refractivity (Wildman–Crippen MR) is 94.4 cm³/mol. The fraction of sp³-hybridized carbons (Fsp3) is 0.263. The van der Waals surface area contributed by atoms with Gasteiger partial charge in [-0.2, -0.15) is 5.10 Å². The molecule has 0 aliphatic carbocycles. The molecule has 5 nitrogen and oxygen atoms in total. The van der Waals surface area contributed by atoms with Crippen molar-refractivity contribution in [3.63, 3.8) is 0 Å². The number of hydrogen-bond donors (Lipinski definition) is 2. The summed E-state index contributed by atoms with van der Waals surface area (Å²) >= 11 is 0. The number of nitrogens with zero attached hydrogens (tertiary/aromatic N) is 2. The lowest BCUT2D eigenvalue weighted by molar-refractivity contribution is 0.0994. The van der Waals surface area contributed by atoms with Crippen LogP contribution in [0.2, 0.25) is 0 Å². The van der Waals surface area contributed by atoms with Gasteiger partial charge < -0.3 is 11.1 Å². The van der Waals surface area contributed by atoms with E-state index in [1.807, 2.05) is 36.4 Å². The number of rotatable bonds is 3. The van der Waals surface area contributed by atoms with E-state index in [1.165, 1.54) is 18.4 Å². The average Bonchev–Trinajstić information content (AvgIpc) is 3.02. The van der Waals surface area contributed by atoms with E-state index >= 15 is 0 Å². The molecule has 0 radical (unpaired) electrons. The van der Waals surface area contributed by atoms with Gasteiger partial charge in [0.25, 0.3) is 5.91 Å². The molecule has 1 amide bonds. The van der Waals surface area contributed by atoms with Gasteiger partial charge in [-0.05, 0) is 49.1 Å². The summed E-state index contributed by atoms with van der Waals surface area (Å²) in [6.45, 7) is 2.13. The topological polar surface area (TPSA) is 72.9 Å². The van der Waals surface area contributed by atoms with E-state index in [9.17, 15) is 4.79 Å². The number of primary amides is 1. The zero-order valence-electron chi connectivity index (χ0n) is 13.4. The van der Waals surface area contributed by atoms with E-state index in [2.05, 4.69) is 22.5 Å². The van der Waals surface area contributed by atoms with Crippen LogP contribution in [0.4, 0.5) is 0 Å². The van der Waals surface area contributed by atoms with Crippen molar-refractivity contribution in [1.29, 1.82) is 0 Å². The van der Waals surface area contributed by atoms with Crippen LogP contribution in [0.25, 0.3) is 16.6 Å². The van der Waals surface area contributed by atoms with E-state index in [1.54, 1.807) is 4.68 Å². The van der Waals surface area contributed by atoms with Gasteiger partial charge in [-0.15, -0.1) is 0 Å². The van der Waals surface area contributed by atoms with Gasteiger partial charge >= 0.3 is 0 Å². The molecule has 4 rings (SSSR count). The second-order valence-corrected chi connectivity index (χ2v) is 6.28. The third-order valence-corrected chi connectivity index (χ3v) is 4.72. The second kappa shape index (κ2) is 6.09. The fourth-order valence-electron chi connectivity index (χ4n) is 3.48. The van der Waals surface area contributed by atoms with Crippen LogP contribution < -0.4 is 11.1 Å². The highest BCUT2D eigenvalue weighted by Crippen LogP contribution is 2.26. The molecular formula is C19H20N4O. The Bertz CT molecular complexity index is 876. The van der Waals surface area contributed by atoms with E-state index in [0.29, 0.717) is 11.6 Å². The number of piperidine rings is 1. The molecule has 24 heavy (non-hydrogen) atoms. The number of nitrogens with two attached hydrogens (primary N) is 1. The summed E-state index contributed by atoms with van der Waals surface area (Å²) in [6.07, 6.45) is 2.42. The van der Waals surface area contributed by atoms with Gasteiger partial charge in [0.2, 0.25) is 0 Å². The minimum absolute atomic E-state index is 0.428. The highest BCUT2D eigenvalue weighted by molar-refractivity contribution is 6.04. The van der Waals surface area contributed by atoms with Gasteiger partial charge in [-0.3, -0.25) is 4.79 Å². The van der Waals surface area contributed by atoms with Crippen molar-refractivity contribution in [2.45, 2.75) is 18.8 Å². The Balaban J connectivity index is 1.74. The lowest BCUT2D eigenvalue weighted by Gasteiger charge is -2.23.